The summed E-state index contributed by atoms with van der Waals surface area (Å²) >= 11 is 0. The normalized spacial score (nSPS) is 27.2. The lowest BCUT2D eigenvalue weighted by molar-refractivity contribution is 0.111. The van der Waals surface area contributed by atoms with Gasteiger partial charge in [0.1, 0.15) is 0 Å². The van der Waals surface area contributed by atoms with Crippen LogP contribution in [-0.2, 0) is 0 Å². The Hall–Kier alpha value is -1.00. The van der Waals surface area contributed by atoms with Crippen LogP contribution in [0.15, 0.2) is 4.42 Å². The van der Waals surface area contributed by atoms with Gasteiger partial charge in [0.2, 0.25) is 5.89 Å². The molecule has 0 saturated heterocycles. The molecule has 1 heterocycles. The maximum Gasteiger partial charge on any atom is 0.314 e. The third-order valence-electron chi connectivity index (χ3n) is 3.01. The molecule has 0 N–H and O–H groups in total. The molecule has 3 nitrogen and oxygen atoms in total. The minimum absolute atomic E-state index is 0.182. The monoisotopic (exact) mass is 216 g/mol. The summed E-state index contributed by atoms with van der Waals surface area (Å²) in [5.74, 6) is 0.737. The van der Waals surface area contributed by atoms with Gasteiger partial charge in [-0.3, -0.25) is 0 Å². The highest BCUT2D eigenvalue weighted by molar-refractivity contribution is 4.94. The number of hydrogen-bond donors (Lipinski definition) is 0. The summed E-state index contributed by atoms with van der Waals surface area (Å²) in [4.78, 5) is 0. The molecule has 0 aliphatic heterocycles. The van der Waals surface area contributed by atoms with E-state index in [9.17, 15) is 8.78 Å². The summed E-state index contributed by atoms with van der Waals surface area (Å²) < 4.78 is 29.4. The molecule has 1 aromatic heterocycles. The third kappa shape index (κ3) is 2.33. The van der Waals surface area contributed by atoms with Crippen LogP contribution in [0.5, 0.6) is 0 Å². The van der Waals surface area contributed by atoms with Crippen molar-refractivity contribution in [1.29, 1.82) is 0 Å². The number of hydrogen-bond acceptors (Lipinski definition) is 3. The van der Waals surface area contributed by atoms with Crippen molar-refractivity contribution in [3.05, 3.63) is 11.8 Å². The van der Waals surface area contributed by atoms with E-state index >= 15 is 0 Å². The summed E-state index contributed by atoms with van der Waals surface area (Å²) in [5, 5.41) is 7.03. The quantitative estimate of drug-likeness (QED) is 0.761. The molecule has 5 heteroatoms. The van der Waals surface area contributed by atoms with Gasteiger partial charge in [-0.15, -0.1) is 10.2 Å². The molecule has 1 saturated carbocycles. The Morgan fingerprint density at radius 1 is 1.20 bits per heavy atom. The lowest BCUT2D eigenvalue weighted by Crippen LogP contribution is -2.11. The van der Waals surface area contributed by atoms with Gasteiger partial charge in [-0.05, 0) is 31.6 Å². The van der Waals surface area contributed by atoms with Gasteiger partial charge >= 0.3 is 6.43 Å². The van der Waals surface area contributed by atoms with Crippen LogP contribution in [0.25, 0.3) is 0 Å². The zero-order valence-corrected chi connectivity index (χ0v) is 8.62. The van der Waals surface area contributed by atoms with E-state index < -0.39 is 12.3 Å². The van der Waals surface area contributed by atoms with Crippen LogP contribution in [-0.4, -0.2) is 10.2 Å². The van der Waals surface area contributed by atoms with Crippen molar-refractivity contribution in [2.75, 3.05) is 0 Å². The minimum atomic E-state index is -2.66. The van der Waals surface area contributed by atoms with Crippen molar-refractivity contribution in [3.8, 4) is 0 Å². The molecule has 15 heavy (non-hydrogen) atoms. The Labute approximate surface area is 86.9 Å². The first-order chi connectivity index (χ1) is 7.16. The van der Waals surface area contributed by atoms with E-state index in [1.807, 2.05) is 0 Å². The Kier molecular flexibility index (Phi) is 2.98. The number of alkyl halides is 2. The largest absolute Gasteiger partial charge is 0.419 e. The molecule has 0 unspecified atom stereocenters. The second-order valence-corrected chi connectivity index (χ2v) is 4.24. The van der Waals surface area contributed by atoms with E-state index in [-0.39, 0.29) is 5.92 Å². The fraction of sp³-hybridized carbons (Fsp3) is 0.800. The van der Waals surface area contributed by atoms with Crippen LogP contribution in [0.1, 0.15) is 56.7 Å². The number of halogens is 2. The van der Waals surface area contributed by atoms with Crippen LogP contribution in [0, 0.1) is 5.92 Å². The molecule has 84 valence electrons. The average molecular weight is 216 g/mol. The van der Waals surface area contributed by atoms with E-state index in [1.165, 1.54) is 0 Å². The van der Waals surface area contributed by atoms with E-state index in [0.717, 1.165) is 31.6 Å². The first kappa shape index (κ1) is 10.5. The van der Waals surface area contributed by atoms with Crippen molar-refractivity contribution < 1.29 is 13.2 Å². The molecule has 1 fully saturated rings. The SMILES string of the molecule is C[C@H]1CC[C@H](c2nnc(C(F)F)o2)CC1. The fourth-order valence-corrected chi connectivity index (χ4v) is 2.01. The van der Waals surface area contributed by atoms with Gasteiger partial charge in [0, 0.05) is 5.92 Å². The second-order valence-electron chi connectivity index (χ2n) is 4.24. The highest BCUT2D eigenvalue weighted by Crippen LogP contribution is 2.35. The third-order valence-corrected chi connectivity index (χ3v) is 3.01. The molecule has 0 radical (unpaired) electrons. The fourth-order valence-electron chi connectivity index (χ4n) is 2.01. The van der Waals surface area contributed by atoms with Gasteiger partial charge in [0.25, 0.3) is 5.89 Å². The average Bonchev–Trinajstić information content (AvgIpc) is 2.68. The Morgan fingerprint density at radius 2 is 1.87 bits per heavy atom. The van der Waals surface area contributed by atoms with Crippen molar-refractivity contribution in [2.45, 2.75) is 45.0 Å². The Balaban J connectivity index is 2.03. The van der Waals surface area contributed by atoms with Crippen molar-refractivity contribution in [1.82, 2.24) is 10.2 Å². The molecule has 0 aromatic carbocycles. The Bertz CT molecular complexity index is 319. The van der Waals surface area contributed by atoms with Gasteiger partial charge in [-0.25, -0.2) is 0 Å². The summed E-state index contributed by atoms with van der Waals surface area (Å²) in [5.41, 5.74) is 0. The van der Waals surface area contributed by atoms with Crippen LogP contribution < -0.4 is 0 Å². The maximum atomic E-state index is 12.2. The molecule has 0 atom stereocenters. The van der Waals surface area contributed by atoms with Gasteiger partial charge in [-0.1, -0.05) is 6.92 Å². The molecule has 0 spiro atoms. The zero-order valence-electron chi connectivity index (χ0n) is 8.62. The summed E-state index contributed by atoms with van der Waals surface area (Å²) in [6, 6.07) is 0. The topological polar surface area (TPSA) is 38.9 Å². The van der Waals surface area contributed by atoms with Gasteiger partial charge < -0.3 is 4.42 Å². The summed E-state index contributed by atoms with van der Waals surface area (Å²) in [6.45, 7) is 2.20. The maximum absolute atomic E-state index is 12.2. The minimum Gasteiger partial charge on any atom is -0.419 e. The lowest BCUT2D eigenvalue weighted by Gasteiger charge is -2.23. The smallest absolute Gasteiger partial charge is 0.314 e. The van der Waals surface area contributed by atoms with Crippen molar-refractivity contribution in [2.24, 2.45) is 5.92 Å². The molecule has 1 aliphatic rings. The highest BCUT2D eigenvalue weighted by atomic mass is 19.3. The van der Waals surface area contributed by atoms with Crippen molar-refractivity contribution >= 4 is 0 Å². The molecular weight excluding hydrogens is 202 g/mol. The molecule has 2 rings (SSSR count). The first-order valence-corrected chi connectivity index (χ1v) is 5.28. The number of aromatic nitrogens is 2. The zero-order chi connectivity index (χ0) is 10.8. The predicted octanol–water partition coefficient (Wildman–Crippen LogP) is 3.30. The first-order valence-electron chi connectivity index (χ1n) is 5.28. The van der Waals surface area contributed by atoms with Crippen LogP contribution in [0.3, 0.4) is 0 Å². The molecule has 0 amide bonds. The second kappa shape index (κ2) is 4.24. The molecule has 0 bridgehead atoms. The van der Waals surface area contributed by atoms with Gasteiger partial charge in [0.15, 0.2) is 0 Å². The van der Waals surface area contributed by atoms with E-state index in [0.29, 0.717) is 5.89 Å². The molecular formula is C10H14F2N2O. The van der Waals surface area contributed by atoms with Crippen molar-refractivity contribution in [3.63, 3.8) is 0 Å². The number of rotatable bonds is 2. The summed E-state index contributed by atoms with van der Waals surface area (Å²) in [7, 11) is 0. The van der Waals surface area contributed by atoms with Gasteiger partial charge in [0.05, 0.1) is 0 Å². The molecule has 1 aliphatic carbocycles. The lowest BCUT2D eigenvalue weighted by atomic mass is 9.83. The van der Waals surface area contributed by atoms with Crippen LogP contribution in [0.2, 0.25) is 0 Å². The van der Waals surface area contributed by atoms with Gasteiger partial charge in [-0.2, -0.15) is 8.78 Å². The van der Waals surface area contributed by atoms with E-state index in [2.05, 4.69) is 17.1 Å². The van der Waals surface area contributed by atoms with E-state index in [1.54, 1.807) is 0 Å². The highest BCUT2D eigenvalue weighted by Gasteiger charge is 2.25. The number of nitrogens with zero attached hydrogens (tertiary/aromatic N) is 2. The molecule has 1 aromatic rings. The Morgan fingerprint density at radius 3 is 2.40 bits per heavy atom. The van der Waals surface area contributed by atoms with Crippen LogP contribution >= 0.6 is 0 Å². The predicted molar refractivity (Wildman–Crippen MR) is 49.6 cm³/mol. The standard InChI is InChI=1S/C10H14F2N2O/c1-6-2-4-7(5-3-6)9-13-14-10(15-9)8(11)12/h6-8H,2-5H2,1H3/t6-,7-. The summed E-state index contributed by atoms with van der Waals surface area (Å²) in [6.07, 6.45) is 1.49. The van der Waals surface area contributed by atoms with E-state index in [4.69, 9.17) is 4.42 Å². The van der Waals surface area contributed by atoms with Crippen LogP contribution in [0.4, 0.5) is 8.78 Å².